The molecule has 2 rings (SSSR count). The Morgan fingerprint density at radius 2 is 1.76 bits per heavy atom. The Kier molecular flexibility index (Phi) is 6.13. The second kappa shape index (κ2) is 8.11. The molecule has 25 heavy (non-hydrogen) atoms. The fourth-order valence-electron chi connectivity index (χ4n) is 2.64. The van der Waals surface area contributed by atoms with E-state index in [9.17, 15) is 4.79 Å². The predicted octanol–water partition coefficient (Wildman–Crippen LogP) is 5.35. The van der Waals surface area contributed by atoms with E-state index in [0.29, 0.717) is 11.3 Å². The summed E-state index contributed by atoms with van der Waals surface area (Å²) in [7, 11) is 1.38. The first-order chi connectivity index (χ1) is 11.8. The number of benzene rings is 2. The van der Waals surface area contributed by atoms with Crippen LogP contribution >= 0.6 is 0 Å². The van der Waals surface area contributed by atoms with Crippen LogP contribution in [0.3, 0.4) is 0 Å². The summed E-state index contributed by atoms with van der Waals surface area (Å²) in [5, 5.41) is 0. The maximum atomic E-state index is 11.8. The zero-order valence-corrected chi connectivity index (χ0v) is 15.7. The standard InChI is InChI=1S/C22H27NO2/c1-16(14-17-10-12-18(13-11-17)22(2,3)4)15-23-20-9-7-6-8-19(20)21(24)25-5/h6-13,15-16H,14H2,1-5H3/b23-15-. The first-order valence-corrected chi connectivity index (χ1v) is 8.62. The van der Waals surface area contributed by atoms with Crippen LogP contribution in [0.15, 0.2) is 53.5 Å². The number of nitrogens with zero attached hydrogens (tertiary/aromatic N) is 1. The maximum Gasteiger partial charge on any atom is 0.340 e. The molecule has 0 N–H and O–H groups in total. The molecule has 0 aliphatic rings. The molecule has 0 aromatic heterocycles. The topological polar surface area (TPSA) is 38.7 Å². The van der Waals surface area contributed by atoms with Crippen LogP contribution < -0.4 is 0 Å². The van der Waals surface area contributed by atoms with Gasteiger partial charge in [0.15, 0.2) is 0 Å². The molecule has 0 fully saturated rings. The lowest BCUT2D eigenvalue weighted by molar-refractivity contribution is 0.0601. The number of para-hydroxylation sites is 1. The van der Waals surface area contributed by atoms with Crippen LogP contribution in [0.4, 0.5) is 5.69 Å². The van der Waals surface area contributed by atoms with E-state index >= 15 is 0 Å². The molecule has 0 heterocycles. The van der Waals surface area contributed by atoms with Crippen LogP contribution in [0.1, 0.15) is 49.2 Å². The van der Waals surface area contributed by atoms with Gasteiger partial charge in [0.05, 0.1) is 18.4 Å². The Morgan fingerprint density at radius 1 is 1.12 bits per heavy atom. The molecule has 0 aliphatic carbocycles. The van der Waals surface area contributed by atoms with Crippen LogP contribution in [0.25, 0.3) is 0 Å². The molecule has 1 atom stereocenters. The number of carbonyl (C=O) groups is 1. The zero-order valence-electron chi connectivity index (χ0n) is 15.7. The van der Waals surface area contributed by atoms with Gasteiger partial charge in [0.1, 0.15) is 0 Å². The molecule has 0 amide bonds. The smallest absolute Gasteiger partial charge is 0.340 e. The van der Waals surface area contributed by atoms with Gasteiger partial charge in [-0.3, -0.25) is 4.99 Å². The van der Waals surface area contributed by atoms with Gasteiger partial charge < -0.3 is 4.74 Å². The van der Waals surface area contributed by atoms with Crippen molar-refractivity contribution in [3.63, 3.8) is 0 Å². The van der Waals surface area contributed by atoms with E-state index in [-0.39, 0.29) is 17.3 Å². The van der Waals surface area contributed by atoms with E-state index in [1.165, 1.54) is 18.2 Å². The molecule has 0 bridgehead atoms. The van der Waals surface area contributed by atoms with Crippen molar-refractivity contribution in [2.24, 2.45) is 10.9 Å². The third kappa shape index (κ3) is 5.28. The Labute approximate surface area is 150 Å². The summed E-state index contributed by atoms with van der Waals surface area (Å²) < 4.78 is 4.81. The molecule has 0 spiro atoms. The zero-order chi connectivity index (χ0) is 18.4. The first-order valence-electron chi connectivity index (χ1n) is 8.62. The molecular weight excluding hydrogens is 310 g/mol. The van der Waals surface area contributed by atoms with Crippen molar-refractivity contribution in [1.29, 1.82) is 0 Å². The van der Waals surface area contributed by atoms with Crippen LogP contribution in [-0.2, 0) is 16.6 Å². The summed E-state index contributed by atoms with van der Waals surface area (Å²) in [6.45, 7) is 8.78. The third-order valence-electron chi connectivity index (χ3n) is 4.16. The lowest BCUT2D eigenvalue weighted by Gasteiger charge is -2.19. The molecule has 132 valence electrons. The van der Waals surface area contributed by atoms with Gasteiger partial charge >= 0.3 is 5.97 Å². The Bertz CT molecular complexity index is 739. The maximum absolute atomic E-state index is 11.8. The number of aliphatic imine (C=N–C) groups is 1. The molecule has 3 heteroatoms. The molecule has 0 radical (unpaired) electrons. The summed E-state index contributed by atoms with van der Waals surface area (Å²) >= 11 is 0. The van der Waals surface area contributed by atoms with Gasteiger partial charge in [0.25, 0.3) is 0 Å². The second-order valence-electron chi connectivity index (χ2n) is 7.42. The Hall–Kier alpha value is -2.42. The second-order valence-corrected chi connectivity index (χ2v) is 7.42. The summed E-state index contributed by atoms with van der Waals surface area (Å²) in [5.41, 5.74) is 3.92. The number of esters is 1. The largest absolute Gasteiger partial charge is 0.465 e. The fourth-order valence-corrected chi connectivity index (χ4v) is 2.64. The summed E-state index contributed by atoms with van der Waals surface area (Å²) in [6, 6.07) is 16.0. The number of methoxy groups -OCH3 is 1. The Balaban J connectivity index is 2.06. The van der Waals surface area contributed by atoms with Crippen molar-refractivity contribution in [3.05, 3.63) is 65.2 Å². The highest BCUT2D eigenvalue weighted by Gasteiger charge is 2.13. The van der Waals surface area contributed by atoms with Crippen molar-refractivity contribution in [2.75, 3.05) is 7.11 Å². The fraction of sp³-hybridized carbons (Fsp3) is 0.364. The van der Waals surface area contributed by atoms with E-state index in [2.05, 4.69) is 57.0 Å². The van der Waals surface area contributed by atoms with Gasteiger partial charge in [-0.15, -0.1) is 0 Å². The highest BCUT2D eigenvalue weighted by Crippen LogP contribution is 2.23. The normalized spacial score (nSPS) is 13.0. The summed E-state index contributed by atoms with van der Waals surface area (Å²) in [6.07, 6.45) is 2.81. The molecular formula is C22H27NO2. The quantitative estimate of drug-likeness (QED) is 0.545. The monoisotopic (exact) mass is 337 g/mol. The molecule has 1 unspecified atom stereocenters. The molecule has 0 saturated carbocycles. The first kappa shape index (κ1) is 18.9. The molecule has 0 aliphatic heterocycles. The van der Waals surface area contributed by atoms with Crippen LogP contribution in [-0.4, -0.2) is 19.3 Å². The van der Waals surface area contributed by atoms with Crippen molar-refractivity contribution in [1.82, 2.24) is 0 Å². The molecule has 2 aromatic rings. The minimum Gasteiger partial charge on any atom is -0.465 e. The minimum atomic E-state index is -0.363. The summed E-state index contributed by atoms with van der Waals surface area (Å²) in [4.78, 5) is 16.3. The molecule has 0 saturated heterocycles. The van der Waals surface area contributed by atoms with E-state index in [1.54, 1.807) is 6.07 Å². The van der Waals surface area contributed by atoms with E-state index in [1.807, 2.05) is 24.4 Å². The predicted molar refractivity (Wildman–Crippen MR) is 104 cm³/mol. The molecule has 2 aromatic carbocycles. The van der Waals surface area contributed by atoms with E-state index in [0.717, 1.165) is 6.42 Å². The van der Waals surface area contributed by atoms with Gasteiger partial charge in [0, 0.05) is 6.21 Å². The lowest BCUT2D eigenvalue weighted by Crippen LogP contribution is -2.11. The van der Waals surface area contributed by atoms with Crippen molar-refractivity contribution >= 4 is 17.9 Å². The van der Waals surface area contributed by atoms with Crippen LogP contribution in [0.5, 0.6) is 0 Å². The number of rotatable bonds is 5. The highest BCUT2D eigenvalue weighted by molar-refractivity contribution is 5.95. The number of carbonyl (C=O) groups excluding carboxylic acids is 1. The van der Waals surface area contributed by atoms with E-state index < -0.39 is 0 Å². The average molecular weight is 337 g/mol. The van der Waals surface area contributed by atoms with Crippen LogP contribution in [0.2, 0.25) is 0 Å². The lowest BCUT2D eigenvalue weighted by atomic mass is 9.86. The van der Waals surface area contributed by atoms with Crippen molar-refractivity contribution < 1.29 is 9.53 Å². The van der Waals surface area contributed by atoms with Gasteiger partial charge in [-0.1, -0.05) is 64.1 Å². The highest BCUT2D eigenvalue weighted by atomic mass is 16.5. The van der Waals surface area contributed by atoms with Gasteiger partial charge in [-0.05, 0) is 41.0 Å². The number of hydrogen-bond acceptors (Lipinski definition) is 3. The Morgan fingerprint density at radius 3 is 2.36 bits per heavy atom. The SMILES string of the molecule is COC(=O)c1ccccc1/N=C\C(C)Cc1ccc(C(C)(C)C)cc1. The minimum absolute atomic E-state index is 0.170. The third-order valence-corrected chi connectivity index (χ3v) is 4.16. The molecule has 3 nitrogen and oxygen atoms in total. The van der Waals surface area contributed by atoms with Crippen LogP contribution in [0, 0.1) is 5.92 Å². The van der Waals surface area contributed by atoms with Gasteiger partial charge in [-0.25, -0.2) is 4.79 Å². The van der Waals surface area contributed by atoms with Gasteiger partial charge in [-0.2, -0.15) is 0 Å². The van der Waals surface area contributed by atoms with Crippen molar-refractivity contribution in [2.45, 2.75) is 39.5 Å². The van der Waals surface area contributed by atoms with Gasteiger partial charge in [0.2, 0.25) is 0 Å². The summed E-state index contributed by atoms with van der Waals surface area (Å²) in [5.74, 6) is -0.0932. The van der Waals surface area contributed by atoms with E-state index in [4.69, 9.17) is 4.74 Å². The van der Waals surface area contributed by atoms with Crippen molar-refractivity contribution in [3.8, 4) is 0 Å². The number of hydrogen-bond donors (Lipinski definition) is 0. The average Bonchev–Trinajstić information content (AvgIpc) is 2.59. The number of ether oxygens (including phenoxy) is 1.